The molecule has 0 bridgehead atoms. The molecule has 0 amide bonds. The molecule has 0 aliphatic carbocycles. The summed E-state index contributed by atoms with van der Waals surface area (Å²) >= 11 is 0. The average molecular weight is 281 g/mol. The Labute approximate surface area is 128 Å². The third-order valence-corrected chi connectivity index (χ3v) is 3.81. The van der Waals surface area contributed by atoms with Crippen molar-refractivity contribution >= 4 is 0 Å². The molecule has 0 saturated carbocycles. The molecule has 0 heterocycles. The van der Waals surface area contributed by atoms with Crippen LogP contribution in [0.1, 0.15) is 104 Å². The predicted molar refractivity (Wildman–Crippen MR) is 92.0 cm³/mol. The summed E-state index contributed by atoms with van der Waals surface area (Å²) in [5.41, 5.74) is 7.57. The zero-order chi connectivity index (χ0) is 15.1. The molecule has 0 aliphatic heterocycles. The summed E-state index contributed by atoms with van der Waals surface area (Å²) in [7, 11) is 0. The molecule has 0 saturated heterocycles. The van der Waals surface area contributed by atoms with Crippen LogP contribution in [0, 0.1) is 0 Å². The monoisotopic (exact) mass is 280 g/mol. The number of unbranched alkanes of at least 4 members (excludes halogenated alkanes) is 10. The predicted octanol–water partition coefficient (Wildman–Crippen LogP) is 6.70. The topological polar surface area (TPSA) is 23.8 Å². The molecule has 0 spiro atoms. The van der Waals surface area contributed by atoms with Gasteiger partial charge in [0.2, 0.25) is 0 Å². The van der Waals surface area contributed by atoms with Gasteiger partial charge in [-0.2, -0.15) is 0 Å². The first-order valence-corrected chi connectivity index (χ1v) is 8.96. The van der Waals surface area contributed by atoms with Crippen LogP contribution in [0.25, 0.3) is 0 Å². The molecule has 0 aromatic rings. The lowest BCUT2D eigenvalue weighted by Gasteiger charge is -2.16. The van der Waals surface area contributed by atoms with Crippen LogP contribution in [0.2, 0.25) is 0 Å². The minimum atomic E-state index is -0.220. The molecule has 0 atom stereocenters. The maximum Gasteiger partial charge on any atom is 0.0267 e. The summed E-state index contributed by atoms with van der Waals surface area (Å²) in [6.07, 6.45) is 21.9. The van der Waals surface area contributed by atoms with Crippen LogP contribution < -0.4 is 5.73 Å². The first-order valence-electron chi connectivity index (χ1n) is 8.96. The van der Waals surface area contributed by atoms with E-state index in [1.807, 2.05) is 13.8 Å². The van der Waals surface area contributed by atoms with Crippen molar-refractivity contribution in [2.75, 3.05) is 0 Å². The number of rotatable bonds is 14. The standard InChI is InChI=1S/C19H38N/c1-4-5-6-7-8-9-10-11-12-13-14-15-16-17-18-19(2,3)20/h9-10,20H,4-8,11-18H2,1-3H3. The molecule has 119 valence electrons. The molecule has 1 radical (unpaired) electrons. The Morgan fingerprint density at radius 2 is 1.15 bits per heavy atom. The van der Waals surface area contributed by atoms with Gasteiger partial charge in [0.1, 0.15) is 0 Å². The molecule has 0 rings (SSSR count). The van der Waals surface area contributed by atoms with Crippen LogP contribution in [0.3, 0.4) is 0 Å². The molecule has 0 aliphatic rings. The van der Waals surface area contributed by atoms with Crippen molar-refractivity contribution in [1.82, 2.24) is 5.73 Å². The van der Waals surface area contributed by atoms with Crippen molar-refractivity contribution in [2.24, 2.45) is 0 Å². The van der Waals surface area contributed by atoms with Crippen LogP contribution in [0.15, 0.2) is 12.2 Å². The van der Waals surface area contributed by atoms with Crippen molar-refractivity contribution in [2.45, 2.75) is 110 Å². The average Bonchev–Trinajstić information content (AvgIpc) is 2.38. The molecular weight excluding hydrogens is 242 g/mol. The van der Waals surface area contributed by atoms with Crippen molar-refractivity contribution in [3.8, 4) is 0 Å². The first kappa shape index (κ1) is 19.7. The maximum absolute atomic E-state index is 7.79. The largest absolute Gasteiger partial charge is 0.252 e. The summed E-state index contributed by atoms with van der Waals surface area (Å²) in [6, 6.07) is 0. The molecule has 0 unspecified atom stereocenters. The summed E-state index contributed by atoms with van der Waals surface area (Å²) in [5, 5.41) is 0. The van der Waals surface area contributed by atoms with Crippen molar-refractivity contribution in [3.63, 3.8) is 0 Å². The maximum atomic E-state index is 7.79. The smallest absolute Gasteiger partial charge is 0.0267 e. The highest BCUT2D eigenvalue weighted by Gasteiger charge is 2.09. The minimum Gasteiger partial charge on any atom is -0.252 e. The van der Waals surface area contributed by atoms with E-state index in [0.717, 1.165) is 6.42 Å². The first-order chi connectivity index (χ1) is 9.56. The molecule has 0 aromatic carbocycles. The van der Waals surface area contributed by atoms with Gasteiger partial charge >= 0.3 is 0 Å². The van der Waals surface area contributed by atoms with Gasteiger partial charge < -0.3 is 0 Å². The van der Waals surface area contributed by atoms with Gasteiger partial charge in [-0.15, -0.1) is 0 Å². The highest BCUT2D eigenvalue weighted by Crippen LogP contribution is 2.14. The normalized spacial score (nSPS) is 12.4. The summed E-state index contributed by atoms with van der Waals surface area (Å²) < 4.78 is 0. The lowest BCUT2D eigenvalue weighted by atomic mass is 9.97. The Kier molecular flexibility index (Phi) is 13.5. The molecule has 20 heavy (non-hydrogen) atoms. The molecular formula is C19H38N. The van der Waals surface area contributed by atoms with Crippen LogP contribution in [0.4, 0.5) is 0 Å². The number of hydrogen-bond acceptors (Lipinski definition) is 0. The van der Waals surface area contributed by atoms with E-state index in [0.29, 0.717) is 0 Å². The molecule has 1 heteroatoms. The van der Waals surface area contributed by atoms with Gasteiger partial charge in [-0.25, -0.2) is 0 Å². The van der Waals surface area contributed by atoms with Crippen LogP contribution in [-0.2, 0) is 0 Å². The highest BCUT2D eigenvalue weighted by molar-refractivity contribution is 4.81. The molecule has 1 N–H and O–H groups in total. The van der Waals surface area contributed by atoms with E-state index in [4.69, 9.17) is 5.73 Å². The van der Waals surface area contributed by atoms with Gasteiger partial charge in [0.05, 0.1) is 0 Å². The Morgan fingerprint density at radius 1 is 0.700 bits per heavy atom. The van der Waals surface area contributed by atoms with Gasteiger partial charge in [0, 0.05) is 5.54 Å². The molecule has 0 aromatic heterocycles. The van der Waals surface area contributed by atoms with E-state index in [1.165, 1.54) is 77.0 Å². The second-order valence-electron chi connectivity index (χ2n) is 6.86. The van der Waals surface area contributed by atoms with Gasteiger partial charge in [0.15, 0.2) is 0 Å². The van der Waals surface area contributed by atoms with Crippen molar-refractivity contribution in [3.05, 3.63) is 12.2 Å². The quantitative estimate of drug-likeness (QED) is 0.250. The lowest BCUT2D eigenvalue weighted by molar-refractivity contribution is 0.428. The Morgan fingerprint density at radius 3 is 1.65 bits per heavy atom. The second kappa shape index (κ2) is 13.7. The van der Waals surface area contributed by atoms with Crippen molar-refractivity contribution < 1.29 is 0 Å². The fraction of sp³-hybridized carbons (Fsp3) is 0.895. The summed E-state index contributed by atoms with van der Waals surface area (Å²) in [4.78, 5) is 0. The third kappa shape index (κ3) is 17.7. The fourth-order valence-corrected chi connectivity index (χ4v) is 2.46. The highest BCUT2D eigenvalue weighted by atomic mass is 14.7. The number of nitrogens with one attached hydrogen (secondary N) is 1. The van der Waals surface area contributed by atoms with Crippen LogP contribution in [-0.4, -0.2) is 5.54 Å². The lowest BCUT2D eigenvalue weighted by Crippen LogP contribution is -2.20. The van der Waals surface area contributed by atoms with E-state index in [-0.39, 0.29) is 5.54 Å². The molecule has 0 fully saturated rings. The van der Waals surface area contributed by atoms with Gasteiger partial charge in [-0.05, 0) is 46.0 Å². The Balaban J connectivity index is 3.11. The van der Waals surface area contributed by atoms with Gasteiger partial charge in [-0.1, -0.05) is 70.4 Å². The fourth-order valence-electron chi connectivity index (χ4n) is 2.46. The van der Waals surface area contributed by atoms with Crippen LogP contribution in [0.5, 0.6) is 0 Å². The SMILES string of the molecule is CCCCCCC=CCCCCCCCCC(C)(C)[NH]. The number of allylic oxidation sites excluding steroid dienone is 2. The van der Waals surface area contributed by atoms with E-state index in [1.54, 1.807) is 0 Å². The Hall–Kier alpha value is -0.300. The zero-order valence-electron chi connectivity index (χ0n) is 14.3. The van der Waals surface area contributed by atoms with E-state index >= 15 is 0 Å². The van der Waals surface area contributed by atoms with E-state index < -0.39 is 0 Å². The Bertz CT molecular complexity index is 212. The van der Waals surface area contributed by atoms with Gasteiger partial charge in [-0.3, -0.25) is 5.73 Å². The number of hydrogen-bond donors (Lipinski definition) is 0. The molecule has 1 nitrogen and oxygen atoms in total. The van der Waals surface area contributed by atoms with E-state index in [9.17, 15) is 0 Å². The third-order valence-electron chi connectivity index (χ3n) is 3.81. The zero-order valence-corrected chi connectivity index (χ0v) is 14.3. The summed E-state index contributed by atoms with van der Waals surface area (Å²) in [6.45, 7) is 6.30. The van der Waals surface area contributed by atoms with Gasteiger partial charge in [0.25, 0.3) is 0 Å². The summed E-state index contributed by atoms with van der Waals surface area (Å²) in [5.74, 6) is 0. The van der Waals surface area contributed by atoms with Crippen LogP contribution >= 0.6 is 0 Å². The van der Waals surface area contributed by atoms with Crippen molar-refractivity contribution in [1.29, 1.82) is 0 Å². The second-order valence-corrected chi connectivity index (χ2v) is 6.86. The van der Waals surface area contributed by atoms with E-state index in [2.05, 4.69) is 19.1 Å². The minimum absolute atomic E-state index is 0.220.